The molecule has 0 bridgehead atoms. The smallest absolute Gasteiger partial charge is 0.234 e. The van der Waals surface area contributed by atoms with Gasteiger partial charge in [0.05, 0.1) is 25.0 Å². The Morgan fingerprint density at radius 1 is 1.17 bits per heavy atom. The van der Waals surface area contributed by atoms with E-state index in [0.29, 0.717) is 11.8 Å². The molecule has 1 saturated heterocycles. The lowest BCUT2D eigenvalue weighted by atomic mass is 10.3. The summed E-state index contributed by atoms with van der Waals surface area (Å²) in [7, 11) is 0. The fraction of sp³-hybridized carbons (Fsp3) is 0.625. The Labute approximate surface area is 141 Å². The Bertz CT molecular complexity index is 652. The molecule has 1 aliphatic rings. The van der Waals surface area contributed by atoms with Crippen LogP contribution in [0.15, 0.2) is 16.9 Å². The number of piperazine rings is 1. The SMILES string of the molecule is CCc1nc(CN2CCN(c3cncc(OC(C)C)n3)CC2)no1. The van der Waals surface area contributed by atoms with Crippen molar-refractivity contribution < 1.29 is 9.26 Å². The van der Waals surface area contributed by atoms with Crippen molar-refractivity contribution >= 4 is 5.82 Å². The van der Waals surface area contributed by atoms with Gasteiger partial charge in [-0.2, -0.15) is 9.97 Å². The van der Waals surface area contributed by atoms with Crippen LogP contribution in [-0.2, 0) is 13.0 Å². The van der Waals surface area contributed by atoms with Gasteiger partial charge in [0.25, 0.3) is 0 Å². The van der Waals surface area contributed by atoms with Gasteiger partial charge in [0.15, 0.2) is 11.6 Å². The van der Waals surface area contributed by atoms with Crippen molar-refractivity contribution in [3.63, 3.8) is 0 Å². The maximum absolute atomic E-state index is 5.62. The third-order valence-electron chi connectivity index (χ3n) is 3.83. The molecule has 0 N–H and O–H groups in total. The van der Waals surface area contributed by atoms with Crippen molar-refractivity contribution in [1.82, 2.24) is 25.0 Å². The summed E-state index contributed by atoms with van der Waals surface area (Å²) >= 11 is 0. The summed E-state index contributed by atoms with van der Waals surface area (Å²) in [6.45, 7) is 10.3. The average Bonchev–Trinajstić information content (AvgIpc) is 3.03. The number of anilines is 1. The van der Waals surface area contributed by atoms with Gasteiger partial charge in [-0.05, 0) is 13.8 Å². The number of nitrogens with zero attached hydrogens (tertiary/aromatic N) is 6. The summed E-state index contributed by atoms with van der Waals surface area (Å²) in [5, 5.41) is 4.02. The summed E-state index contributed by atoms with van der Waals surface area (Å²) < 4.78 is 10.8. The fourth-order valence-electron chi connectivity index (χ4n) is 2.62. The minimum Gasteiger partial charge on any atom is -0.474 e. The minimum atomic E-state index is 0.0920. The van der Waals surface area contributed by atoms with Crippen molar-refractivity contribution in [3.05, 3.63) is 24.1 Å². The zero-order valence-electron chi connectivity index (χ0n) is 14.5. The predicted molar refractivity (Wildman–Crippen MR) is 89.0 cm³/mol. The highest BCUT2D eigenvalue weighted by atomic mass is 16.5. The topological polar surface area (TPSA) is 80.4 Å². The minimum absolute atomic E-state index is 0.0920. The highest BCUT2D eigenvalue weighted by Crippen LogP contribution is 2.17. The van der Waals surface area contributed by atoms with Crippen LogP contribution in [0, 0.1) is 0 Å². The highest BCUT2D eigenvalue weighted by molar-refractivity contribution is 5.38. The second kappa shape index (κ2) is 7.57. The monoisotopic (exact) mass is 332 g/mol. The Morgan fingerprint density at radius 3 is 2.62 bits per heavy atom. The largest absolute Gasteiger partial charge is 0.474 e. The molecular formula is C16H24N6O2. The van der Waals surface area contributed by atoms with E-state index in [-0.39, 0.29) is 6.10 Å². The number of ether oxygens (including phenoxy) is 1. The zero-order chi connectivity index (χ0) is 16.9. The van der Waals surface area contributed by atoms with E-state index in [4.69, 9.17) is 9.26 Å². The van der Waals surface area contributed by atoms with Gasteiger partial charge in [-0.1, -0.05) is 12.1 Å². The predicted octanol–water partition coefficient (Wildman–Crippen LogP) is 1.53. The second-order valence-electron chi connectivity index (χ2n) is 6.10. The van der Waals surface area contributed by atoms with E-state index in [9.17, 15) is 0 Å². The number of aryl methyl sites for hydroxylation is 1. The van der Waals surface area contributed by atoms with Gasteiger partial charge in [-0.25, -0.2) is 0 Å². The summed E-state index contributed by atoms with van der Waals surface area (Å²) in [6.07, 6.45) is 4.31. The number of aromatic nitrogens is 4. The Balaban J connectivity index is 1.54. The quantitative estimate of drug-likeness (QED) is 0.788. The van der Waals surface area contributed by atoms with E-state index in [1.54, 1.807) is 12.4 Å². The Kier molecular flexibility index (Phi) is 5.24. The van der Waals surface area contributed by atoms with Crippen molar-refractivity contribution in [3.8, 4) is 5.88 Å². The van der Waals surface area contributed by atoms with E-state index in [1.807, 2.05) is 20.8 Å². The molecule has 0 unspecified atom stereocenters. The standard InChI is InChI=1S/C16H24N6O2/c1-4-15-18-13(20-24-15)11-21-5-7-22(8-6-21)14-9-17-10-16(19-14)23-12(2)3/h9-10,12H,4-8,11H2,1-3H3. The fourth-order valence-corrected chi connectivity index (χ4v) is 2.62. The van der Waals surface area contributed by atoms with Crippen molar-refractivity contribution in [1.29, 1.82) is 0 Å². The molecule has 0 atom stereocenters. The molecule has 2 aromatic rings. The summed E-state index contributed by atoms with van der Waals surface area (Å²) in [4.78, 5) is 17.7. The lowest BCUT2D eigenvalue weighted by Gasteiger charge is -2.34. The van der Waals surface area contributed by atoms with Crippen LogP contribution in [-0.4, -0.2) is 57.3 Å². The normalized spacial score (nSPS) is 15.9. The highest BCUT2D eigenvalue weighted by Gasteiger charge is 2.20. The van der Waals surface area contributed by atoms with Crippen LogP contribution in [0.4, 0.5) is 5.82 Å². The molecule has 0 radical (unpaired) electrons. The van der Waals surface area contributed by atoms with Crippen LogP contribution in [0.1, 0.15) is 32.5 Å². The maximum atomic E-state index is 5.62. The molecule has 0 aliphatic carbocycles. The molecule has 8 nitrogen and oxygen atoms in total. The molecule has 3 rings (SSSR count). The first-order valence-corrected chi connectivity index (χ1v) is 8.41. The van der Waals surface area contributed by atoms with Gasteiger partial charge >= 0.3 is 0 Å². The van der Waals surface area contributed by atoms with E-state index in [1.165, 1.54) is 0 Å². The number of hydrogen-bond acceptors (Lipinski definition) is 8. The Hall–Kier alpha value is -2.22. The van der Waals surface area contributed by atoms with Crippen molar-refractivity contribution in [2.45, 2.75) is 39.8 Å². The first-order chi connectivity index (χ1) is 11.6. The average molecular weight is 332 g/mol. The molecule has 24 heavy (non-hydrogen) atoms. The van der Waals surface area contributed by atoms with Gasteiger partial charge in [0.1, 0.15) is 0 Å². The van der Waals surface area contributed by atoms with Crippen LogP contribution in [0.5, 0.6) is 5.88 Å². The Morgan fingerprint density at radius 2 is 1.96 bits per heavy atom. The van der Waals surface area contributed by atoms with Crippen molar-refractivity contribution in [2.24, 2.45) is 0 Å². The van der Waals surface area contributed by atoms with Crippen LogP contribution in [0.25, 0.3) is 0 Å². The van der Waals surface area contributed by atoms with E-state index in [2.05, 4.69) is 29.9 Å². The summed E-state index contributed by atoms with van der Waals surface area (Å²) in [5.41, 5.74) is 0. The summed E-state index contributed by atoms with van der Waals surface area (Å²) in [6, 6.07) is 0. The first kappa shape index (κ1) is 16.6. The number of hydrogen-bond donors (Lipinski definition) is 0. The molecule has 3 heterocycles. The van der Waals surface area contributed by atoms with Gasteiger partial charge in [-0.15, -0.1) is 0 Å². The number of rotatable bonds is 6. The first-order valence-electron chi connectivity index (χ1n) is 8.41. The van der Waals surface area contributed by atoms with Crippen LogP contribution in [0.3, 0.4) is 0 Å². The third kappa shape index (κ3) is 4.19. The van der Waals surface area contributed by atoms with Crippen LogP contribution in [0.2, 0.25) is 0 Å². The maximum Gasteiger partial charge on any atom is 0.234 e. The molecular weight excluding hydrogens is 308 g/mol. The third-order valence-corrected chi connectivity index (χ3v) is 3.83. The second-order valence-corrected chi connectivity index (χ2v) is 6.10. The van der Waals surface area contributed by atoms with Gasteiger partial charge < -0.3 is 14.2 Å². The van der Waals surface area contributed by atoms with Gasteiger partial charge in [0, 0.05) is 32.6 Å². The van der Waals surface area contributed by atoms with Gasteiger partial charge in [-0.3, -0.25) is 9.88 Å². The molecule has 2 aromatic heterocycles. The van der Waals surface area contributed by atoms with Crippen molar-refractivity contribution in [2.75, 3.05) is 31.1 Å². The zero-order valence-corrected chi connectivity index (χ0v) is 14.5. The molecule has 0 amide bonds. The van der Waals surface area contributed by atoms with E-state index in [0.717, 1.165) is 50.8 Å². The molecule has 1 fully saturated rings. The molecule has 8 heteroatoms. The lowest BCUT2D eigenvalue weighted by molar-refractivity contribution is 0.229. The molecule has 0 saturated carbocycles. The summed E-state index contributed by atoms with van der Waals surface area (Å²) in [5.74, 6) is 2.89. The van der Waals surface area contributed by atoms with Crippen LogP contribution >= 0.6 is 0 Å². The molecule has 1 aliphatic heterocycles. The molecule has 0 aromatic carbocycles. The van der Waals surface area contributed by atoms with E-state index < -0.39 is 0 Å². The molecule has 0 spiro atoms. The lowest BCUT2D eigenvalue weighted by Crippen LogP contribution is -2.46. The molecule has 130 valence electrons. The van der Waals surface area contributed by atoms with Gasteiger partial charge in [0.2, 0.25) is 11.8 Å². The van der Waals surface area contributed by atoms with Crippen LogP contribution < -0.4 is 9.64 Å². The van der Waals surface area contributed by atoms with E-state index >= 15 is 0 Å².